The van der Waals surface area contributed by atoms with E-state index in [0.29, 0.717) is 12.5 Å². The number of carbonyl (C=O) groups excluding carboxylic acids is 1. The number of amides is 1. The topological polar surface area (TPSA) is 64.3 Å². The minimum atomic E-state index is -0.604. The summed E-state index contributed by atoms with van der Waals surface area (Å²) in [5, 5.41) is 3.15. The normalized spacial score (nSPS) is 16.2. The summed E-state index contributed by atoms with van der Waals surface area (Å²) in [7, 11) is 0. The lowest BCUT2D eigenvalue weighted by molar-refractivity contribution is -0.124. The summed E-state index contributed by atoms with van der Waals surface area (Å²) in [6.45, 7) is 10.5. The molecule has 0 saturated heterocycles. The van der Waals surface area contributed by atoms with Crippen molar-refractivity contribution < 1.29 is 9.53 Å². The van der Waals surface area contributed by atoms with Crippen LogP contribution in [0.5, 0.6) is 0 Å². The summed E-state index contributed by atoms with van der Waals surface area (Å²) >= 11 is 0. The Morgan fingerprint density at radius 1 is 1.44 bits per heavy atom. The van der Waals surface area contributed by atoms with E-state index in [1.807, 2.05) is 13.8 Å². The van der Waals surface area contributed by atoms with Crippen LogP contribution in [0, 0.1) is 5.92 Å². The molecule has 0 rings (SSSR count). The number of primary amides is 1. The highest BCUT2D eigenvalue weighted by atomic mass is 16.5. The van der Waals surface area contributed by atoms with E-state index in [-0.39, 0.29) is 5.91 Å². The van der Waals surface area contributed by atoms with E-state index in [1.54, 1.807) is 0 Å². The number of hydrogen-bond acceptors (Lipinski definition) is 3. The third-order valence-corrected chi connectivity index (χ3v) is 3.26. The Hall–Kier alpha value is -0.610. The summed E-state index contributed by atoms with van der Waals surface area (Å²) in [4.78, 5) is 11.4. The Labute approximate surface area is 112 Å². The lowest BCUT2D eigenvalue weighted by Gasteiger charge is -2.27. The zero-order valence-corrected chi connectivity index (χ0v) is 12.4. The van der Waals surface area contributed by atoms with Gasteiger partial charge in [0.2, 0.25) is 5.91 Å². The molecule has 0 radical (unpaired) electrons. The van der Waals surface area contributed by atoms with Gasteiger partial charge in [-0.25, -0.2) is 0 Å². The molecule has 108 valence electrons. The van der Waals surface area contributed by atoms with E-state index in [1.165, 1.54) is 12.8 Å². The van der Waals surface area contributed by atoms with Crippen LogP contribution in [0.15, 0.2) is 0 Å². The summed E-state index contributed by atoms with van der Waals surface area (Å²) in [6, 6.07) is 0. The van der Waals surface area contributed by atoms with Gasteiger partial charge >= 0.3 is 0 Å². The van der Waals surface area contributed by atoms with Gasteiger partial charge in [0.25, 0.3) is 0 Å². The first-order valence-corrected chi connectivity index (χ1v) is 7.09. The number of nitrogens with one attached hydrogen (secondary N) is 1. The van der Waals surface area contributed by atoms with Gasteiger partial charge < -0.3 is 15.8 Å². The molecule has 0 saturated carbocycles. The second-order valence-corrected chi connectivity index (χ2v) is 5.30. The van der Waals surface area contributed by atoms with Crippen LogP contribution in [-0.4, -0.2) is 31.2 Å². The van der Waals surface area contributed by atoms with Gasteiger partial charge in [0, 0.05) is 13.2 Å². The minimum absolute atomic E-state index is 0.288. The maximum Gasteiger partial charge on any atom is 0.237 e. The molecule has 2 atom stereocenters. The van der Waals surface area contributed by atoms with Gasteiger partial charge in [-0.1, -0.05) is 27.2 Å². The van der Waals surface area contributed by atoms with Crippen LogP contribution in [0.1, 0.15) is 53.4 Å². The number of carbonyl (C=O) groups is 1. The maximum atomic E-state index is 11.4. The highest BCUT2D eigenvalue weighted by Gasteiger charge is 2.28. The molecule has 4 heteroatoms. The summed E-state index contributed by atoms with van der Waals surface area (Å²) < 4.78 is 5.62. The fourth-order valence-electron chi connectivity index (χ4n) is 2.08. The van der Waals surface area contributed by atoms with Crippen molar-refractivity contribution in [3.63, 3.8) is 0 Å². The molecular formula is C14H30N2O2. The SMILES string of the molecule is CCCC(C)COCCCC(C)(NCC)C(N)=O. The van der Waals surface area contributed by atoms with Crippen LogP contribution in [0.4, 0.5) is 0 Å². The Bertz CT molecular complexity index is 234. The van der Waals surface area contributed by atoms with Crippen molar-refractivity contribution in [1.29, 1.82) is 0 Å². The molecule has 1 amide bonds. The van der Waals surface area contributed by atoms with Crippen LogP contribution in [-0.2, 0) is 9.53 Å². The predicted octanol–water partition coefficient (Wildman–Crippen LogP) is 2.07. The lowest BCUT2D eigenvalue weighted by atomic mass is 9.95. The van der Waals surface area contributed by atoms with Crippen LogP contribution in [0.25, 0.3) is 0 Å². The number of rotatable bonds is 11. The predicted molar refractivity (Wildman–Crippen MR) is 75.4 cm³/mol. The number of likely N-dealkylation sites (N-methyl/N-ethyl adjacent to an activating group) is 1. The van der Waals surface area contributed by atoms with Gasteiger partial charge in [-0.15, -0.1) is 0 Å². The molecule has 0 fully saturated rings. The lowest BCUT2D eigenvalue weighted by Crippen LogP contribution is -2.53. The minimum Gasteiger partial charge on any atom is -0.381 e. The molecule has 0 aliphatic heterocycles. The zero-order valence-electron chi connectivity index (χ0n) is 12.4. The molecule has 0 aliphatic rings. The second kappa shape index (κ2) is 9.34. The molecule has 4 nitrogen and oxygen atoms in total. The van der Waals surface area contributed by atoms with Crippen molar-refractivity contribution in [2.24, 2.45) is 11.7 Å². The van der Waals surface area contributed by atoms with Crippen molar-refractivity contribution in [1.82, 2.24) is 5.32 Å². The molecule has 0 aliphatic carbocycles. The number of ether oxygens (including phenoxy) is 1. The molecule has 0 spiro atoms. The van der Waals surface area contributed by atoms with Crippen molar-refractivity contribution in [2.75, 3.05) is 19.8 Å². The van der Waals surface area contributed by atoms with Crippen LogP contribution in [0.3, 0.4) is 0 Å². The summed E-state index contributed by atoms with van der Waals surface area (Å²) in [6.07, 6.45) is 3.98. The molecule has 0 bridgehead atoms. The van der Waals surface area contributed by atoms with E-state index in [9.17, 15) is 4.79 Å². The molecule has 0 aromatic carbocycles. The van der Waals surface area contributed by atoms with Crippen LogP contribution in [0.2, 0.25) is 0 Å². The summed E-state index contributed by atoms with van der Waals surface area (Å²) in [5.41, 5.74) is 4.81. The van der Waals surface area contributed by atoms with Gasteiger partial charge in [-0.3, -0.25) is 4.79 Å². The average Bonchev–Trinajstić information content (AvgIpc) is 2.29. The number of nitrogens with two attached hydrogens (primary N) is 1. The van der Waals surface area contributed by atoms with E-state index in [0.717, 1.165) is 26.0 Å². The van der Waals surface area contributed by atoms with E-state index >= 15 is 0 Å². The first-order chi connectivity index (χ1) is 8.46. The Morgan fingerprint density at radius 2 is 2.11 bits per heavy atom. The van der Waals surface area contributed by atoms with E-state index in [4.69, 9.17) is 10.5 Å². The summed E-state index contributed by atoms with van der Waals surface area (Å²) in [5.74, 6) is 0.329. The van der Waals surface area contributed by atoms with Crippen molar-refractivity contribution >= 4 is 5.91 Å². The average molecular weight is 258 g/mol. The third kappa shape index (κ3) is 6.97. The first-order valence-electron chi connectivity index (χ1n) is 7.09. The number of hydrogen-bond donors (Lipinski definition) is 2. The van der Waals surface area contributed by atoms with Crippen molar-refractivity contribution in [3.05, 3.63) is 0 Å². The van der Waals surface area contributed by atoms with Crippen molar-refractivity contribution in [2.45, 2.75) is 58.9 Å². The van der Waals surface area contributed by atoms with Gasteiger partial charge in [0.15, 0.2) is 0 Å². The maximum absolute atomic E-state index is 11.4. The van der Waals surface area contributed by atoms with Gasteiger partial charge in [-0.05, 0) is 38.6 Å². The Kier molecular flexibility index (Phi) is 9.02. The van der Waals surface area contributed by atoms with Gasteiger partial charge in [0.05, 0.1) is 5.54 Å². The molecule has 0 heterocycles. The Balaban J connectivity index is 3.77. The molecular weight excluding hydrogens is 228 g/mol. The molecule has 18 heavy (non-hydrogen) atoms. The highest BCUT2D eigenvalue weighted by Crippen LogP contribution is 2.12. The standard InChI is InChI=1S/C14H30N2O2/c1-5-8-12(3)11-18-10-7-9-14(4,13(15)17)16-6-2/h12,16H,5-11H2,1-4H3,(H2,15,17). The molecule has 3 N–H and O–H groups in total. The van der Waals surface area contributed by atoms with E-state index in [2.05, 4.69) is 19.2 Å². The van der Waals surface area contributed by atoms with E-state index < -0.39 is 5.54 Å². The smallest absolute Gasteiger partial charge is 0.237 e. The fourth-order valence-corrected chi connectivity index (χ4v) is 2.08. The Morgan fingerprint density at radius 3 is 2.61 bits per heavy atom. The zero-order chi connectivity index (χ0) is 14.0. The van der Waals surface area contributed by atoms with Crippen LogP contribution < -0.4 is 11.1 Å². The van der Waals surface area contributed by atoms with Gasteiger partial charge in [-0.2, -0.15) is 0 Å². The quantitative estimate of drug-likeness (QED) is 0.558. The fraction of sp³-hybridized carbons (Fsp3) is 0.929. The van der Waals surface area contributed by atoms with Gasteiger partial charge in [0.1, 0.15) is 0 Å². The highest BCUT2D eigenvalue weighted by molar-refractivity contribution is 5.84. The molecule has 0 aromatic heterocycles. The third-order valence-electron chi connectivity index (χ3n) is 3.26. The molecule has 2 unspecified atom stereocenters. The molecule has 0 aromatic rings. The van der Waals surface area contributed by atoms with Crippen molar-refractivity contribution in [3.8, 4) is 0 Å². The monoisotopic (exact) mass is 258 g/mol. The largest absolute Gasteiger partial charge is 0.381 e. The van der Waals surface area contributed by atoms with Crippen LogP contribution >= 0.6 is 0 Å². The second-order valence-electron chi connectivity index (χ2n) is 5.30. The first kappa shape index (κ1) is 17.4.